The van der Waals surface area contributed by atoms with Crippen LogP contribution in [0.2, 0.25) is 0 Å². The van der Waals surface area contributed by atoms with Crippen molar-refractivity contribution in [2.24, 2.45) is 5.73 Å². The molecule has 4 rings (SSSR count). The van der Waals surface area contributed by atoms with E-state index in [1.54, 1.807) is 20.3 Å². The molecule has 0 aliphatic carbocycles. The van der Waals surface area contributed by atoms with Gasteiger partial charge in [0.25, 0.3) is 5.91 Å². The van der Waals surface area contributed by atoms with Gasteiger partial charge in [0.1, 0.15) is 17.2 Å². The fraction of sp³-hybridized carbons (Fsp3) is 0.182. The minimum absolute atomic E-state index is 0.260. The van der Waals surface area contributed by atoms with Crippen molar-refractivity contribution in [1.82, 2.24) is 15.3 Å². The maximum absolute atomic E-state index is 12.6. The molecule has 0 spiro atoms. The van der Waals surface area contributed by atoms with Gasteiger partial charge in [-0.1, -0.05) is 0 Å². The summed E-state index contributed by atoms with van der Waals surface area (Å²) in [6.07, 6.45) is 0. The zero-order valence-electron chi connectivity index (χ0n) is 16.3. The molecule has 7 nitrogen and oxygen atoms in total. The first kappa shape index (κ1) is 18.8. The zero-order valence-corrected chi connectivity index (χ0v) is 16.3. The lowest BCUT2D eigenvalue weighted by Gasteiger charge is -2.09. The van der Waals surface area contributed by atoms with Crippen molar-refractivity contribution < 1.29 is 14.3 Å². The Balaban J connectivity index is 1.96. The highest BCUT2D eigenvalue weighted by Gasteiger charge is 2.17. The Labute approximate surface area is 167 Å². The van der Waals surface area contributed by atoms with Crippen LogP contribution in [0, 0.1) is 0 Å². The molecule has 0 unspecified atom stereocenters. The van der Waals surface area contributed by atoms with Gasteiger partial charge in [-0.05, 0) is 48.5 Å². The monoisotopic (exact) mass is 390 g/mol. The van der Waals surface area contributed by atoms with Crippen LogP contribution in [0.5, 0.6) is 11.5 Å². The van der Waals surface area contributed by atoms with Gasteiger partial charge in [-0.3, -0.25) is 4.79 Å². The van der Waals surface area contributed by atoms with Crippen LogP contribution in [-0.2, 0) is 0 Å². The van der Waals surface area contributed by atoms with Crippen molar-refractivity contribution in [1.29, 1.82) is 0 Å². The first-order chi connectivity index (χ1) is 14.1. The lowest BCUT2D eigenvalue weighted by Crippen LogP contribution is -2.29. The molecule has 0 saturated heterocycles. The molecule has 0 bridgehead atoms. The van der Waals surface area contributed by atoms with Crippen LogP contribution in [0.3, 0.4) is 0 Å². The number of ether oxygens (including phenoxy) is 2. The number of hydrogen-bond acceptors (Lipinski definition) is 5. The molecule has 2 aromatic heterocycles. The molecule has 0 radical (unpaired) electrons. The molecule has 148 valence electrons. The summed E-state index contributed by atoms with van der Waals surface area (Å²) in [5, 5.41) is 4.65. The van der Waals surface area contributed by atoms with Crippen molar-refractivity contribution in [2.75, 3.05) is 27.3 Å². The van der Waals surface area contributed by atoms with Gasteiger partial charge in [-0.25, -0.2) is 4.98 Å². The Morgan fingerprint density at radius 2 is 1.76 bits per heavy atom. The van der Waals surface area contributed by atoms with E-state index in [4.69, 9.17) is 15.2 Å². The van der Waals surface area contributed by atoms with Gasteiger partial charge in [-0.2, -0.15) is 0 Å². The number of rotatable bonds is 6. The van der Waals surface area contributed by atoms with Gasteiger partial charge in [0.2, 0.25) is 0 Å². The Hall–Kier alpha value is -3.58. The van der Waals surface area contributed by atoms with E-state index in [2.05, 4.69) is 15.3 Å². The quantitative estimate of drug-likeness (QED) is 0.470. The molecule has 0 aliphatic rings. The Bertz CT molecular complexity index is 1180. The first-order valence-corrected chi connectivity index (χ1v) is 9.27. The average molecular weight is 390 g/mol. The number of carbonyl (C=O) groups is 1. The lowest BCUT2D eigenvalue weighted by atomic mass is 10.1. The van der Waals surface area contributed by atoms with Crippen LogP contribution in [0.25, 0.3) is 33.1 Å². The molecule has 29 heavy (non-hydrogen) atoms. The van der Waals surface area contributed by atoms with Crippen LogP contribution >= 0.6 is 0 Å². The molecule has 0 atom stereocenters. The van der Waals surface area contributed by atoms with Crippen LogP contribution < -0.4 is 20.5 Å². The van der Waals surface area contributed by atoms with Crippen LogP contribution in [0.4, 0.5) is 0 Å². The number of pyridine rings is 1. The third kappa shape index (κ3) is 3.48. The van der Waals surface area contributed by atoms with Gasteiger partial charge in [0, 0.05) is 34.9 Å². The Morgan fingerprint density at radius 3 is 2.45 bits per heavy atom. The maximum atomic E-state index is 12.6. The number of nitrogens with zero attached hydrogens (tertiary/aromatic N) is 1. The largest absolute Gasteiger partial charge is 0.497 e. The number of aromatic amines is 1. The standard InChI is InChI=1S/C22H22N4O3/c1-28-14-5-3-13(4-6-14)20-21-17(12-19(26-20)22(27)24-10-9-23)16-11-15(29-2)7-8-18(16)25-21/h3-8,11-12,25H,9-10,23H2,1-2H3,(H,24,27). The minimum Gasteiger partial charge on any atom is -0.497 e. The Morgan fingerprint density at radius 1 is 1.03 bits per heavy atom. The summed E-state index contributed by atoms with van der Waals surface area (Å²) < 4.78 is 10.6. The molecule has 2 aromatic carbocycles. The van der Waals surface area contributed by atoms with E-state index in [0.717, 1.165) is 38.9 Å². The number of hydrogen-bond donors (Lipinski definition) is 3. The van der Waals surface area contributed by atoms with Crippen molar-refractivity contribution >= 4 is 27.7 Å². The molecule has 2 heterocycles. The van der Waals surface area contributed by atoms with Crippen molar-refractivity contribution in [3.63, 3.8) is 0 Å². The molecule has 0 saturated carbocycles. The molecule has 7 heteroatoms. The molecule has 4 N–H and O–H groups in total. The molecular formula is C22H22N4O3. The third-order valence-electron chi connectivity index (χ3n) is 4.82. The zero-order chi connectivity index (χ0) is 20.4. The van der Waals surface area contributed by atoms with Gasteiger partial charge in [-0.15, -0.1) is 0 Å². The van der Waals surface area contributed by atoms with Crippen LogP contribution in [0.15, 0.2) is 48.5 Å². The maximum Gasteiger partial charge on any atom is 0.269 e. The van der Waals surface area contributed by atoms with E-state index >= 15 is 0 Å². The van der Waals surface area contributed by atoms with Crippen molar-refractivity contribution in [2.45, 2.75) is 0 Å². The van der Waals surface area contributed by atoms with E-state index in [-0.39, 0.29) is 5.91 Å². The number of aromatic nitrogens is 2. The highest BCUT2D eigenvalue weighted by atomic mass is 16.5. The van der Waals surface area contributed by atoms with E-state index in [9.17, 15) is 4.79 Å². The SMILES string of the molecule is COc1ccc(-c2nc(C(=O)NCCN)cc3c2[nH]c2ccc(OC)cc23)cc1. The topological polar surface area (TPSA) is 102 Å². The number of nitrogens with two attached hydrogens (primary N) is 1. The summed E-state index contributed by atoms with van der Waals surface area (Å²) >= 11 is 0. The predicted molar refractivity (Wildman–Crippen MR) is 114 cm³/mol. The highest BCUT2D eigenvalue weighted by molar-refractivity contribution is 6.13. The van der Waals surface area contributed by atoms with Gasteiger partial charge in [0.05, 0.1) is 25.4 Å². The fourth-order valence-corrected chi connectivity index (χ4v) is 3.35. The summed E-state index contributed by atoms with van der Waals surface area (Å²) in [4.78, 5) is 20.7. The smallest absolute Gasteiger partial charge is 0.269 e. The second kappa shape index (κ2) is 7.81. The molecular weight excluding hydrogens is 368 g/mol. The number of carbonyl (C=O) groups excluding carboxylic acids is 1. The van der Waals surface area contributed by atoms with Gasteiger partial charge in [0.15, 0.2) is 0 Å². The summed E-state index contributed by atoms with van der Waals surface area (Å²) in [6, 6.07) is 15.2. The van der Waals surface area contributed by atoms with Crippen LogP contribution in [0.1, 0.15) is 10.5 Å². The second-order valence-corrected chi connectivity index (χ2v) is 6.59. The van der Waals surface area contributed by atoms with E-state index in [0.29, 0.717) is 24.5 Å². The van der Waals surface area contributed by atoms with Gasteiger partial charge < -0.3 is 25.5 Å². The molecule has 0 aliphatic heterocycles. The first-order valence-electron chi connectivity index (χ1n) is 9.27. The Kier molecular flexibility index (Phi) is 5.05. The molecule has 0 fully saturated rings. The summed E-state index contributed by atoms with van der Waals surface area (Å²) in [5.41, 5.74) is 9.22. The predicted octanol–water partition coefficient (Wildman–Crippen LogP) is 3.09. The summed E-state index contributed by atoms with van der Waals surface area (Å²) in [5.74, 6) is 1.24. The number of benzene rings is 2. The lowest BCUT2D eigenvalue weighted by molar-refractivity contribution is 0.0950. The van der Waals surface area contributed by atoms with E-state index < -0.39 is 0 Å². The van der Waals surface area contributed by atoms with E-state index in [1.165, 1.54) is 0 Å². The van der Waals surface area contributed by atoms with Gasteiger partial charge >= 0.3 is 0 Å². The number of fused-ring (bicyclic) bond motifs is 3. The van der Waals surface area contributed by atoms with Crippen molar-refractivity contribution in [3.8, 4) is 22.8 Å². The number of amides is 1. The molecule has 4 aromatic rings. The number of methoxy groups -OCH3 is 2. The summed E-state index contributed by atoms with van der Waals surface area (Å²) in [6.45, 7) is 0.752. The second-order valence-electron chi connectivity index (χ2n) is 6.59. The van der Waals surface area contributed by atoms with E-state index in [1.807, 2.05) is 42.5 Å². The molecule has 1 amide bonds. The fourth-order valence-electron chi connectivity index (χ4n) is 3.35. The summed E-state index contributed by atoms with van der Waals surface area (Å²) in [7, 11) is 3.25. The van der Waals surface area contributed by atoms with Crippen LogP contribution in [-0.4, -0.2) is 43.2 Å². The normalized spacial score (nSPS) is 11.0. The third-order valence-corrected chi connectivity index (χ3v) is 4.82. The average Bonchev–Trinajstić information content (AvgIpc) is 3.14. The number of nitrogens with one attached hydrogen (secondary N) is 2. The highest BCUT2D eigenvalue weighted by Crippen LogP contribution is 2.34. The number of H-pyrrole nitrogens is 1. The van der Waals surface area contributed by atoms with Crippen molar-refractivity contribution in [3.05, 3.63) is 54.2 Å². The minimum atomic E-state index is -0.260.